The van der Waals surface area contributed by atoms with E-state index in [1.54, 1.807) is 6.07 Å². The van der Waals surface area contributed by atoms with Crippen LogP contribution in [0.5, 0.6) is 11.5 Å². The van der Waals surface area contributed by atoms with Crippen LogP contribution in [0, 0.1) is 12.5 Å². The minimum atomic E-state index is 0.418. The molecular formula is C15H16N2O2. The molecule has 1 N–H and O–H groups in total. The molecule has 2 aromatic carbocycles. The van der Waals surface area contributed by atoms with Crippen LogP contribution in [0.3, 0.4) is 0 Å². The number of nitrogens with one attached hydrogen (secondary N) is 1. The lowest BCUT2D eigenvalue weighted by atomic mass is 10.2. The van der Waals surface area contributed by atoms with E-state index in [2.05, 4.69) is 5.11 Å². The lowest BCUT2D eigenvalue weighted by Gasteiger charge is -2.10. The molecule has 0 saturated heterocycles. The first-order chi connectivity index (χ1) is 9.29. The Morgan fingerprint density at radius 1 is 1.00 bits per heavy atom. The molecule has 0 bridgehead atoms. The average molecular weight is 256 g/mol. The third kappa shape index (κ3) is 3.81. The maximum absolute atomic E-state index is 7.08. The first-order valence-corrected chi connectivity index (χ1v) is 6.08. The maximum Gasteiger partial charge on any atom is 0.147 e. The van der Waals surface area contributed by atoms with Crippen molar-refractivity contribution in [1.29, 1.82) is 5.53 Å². The summed E-state index contributed by atoms with van der Waals surface area (Å²) < 4.78 is 11.1. The zero-order valence-electron chi connectivity index (χ0n) is 10.8. The molecule has 0 amide bonds. The second-order valence-electron chi connectivity index (χ2n) is 4.09. The molecule has 0 fully saturated rings. The van der Waals surface area contributed by atoms with Crippen molar-refractivity contribution in [1.82, 2.24) is 0 Å². The van der Waals surface area contributed by atoms with Crippen molar-refractivity contribution in [2.75, 3.05) is 13.2 Å². The second kappa shape index (κ2) is 6.54. The van der Waals surface area contributed by atoms with E-state index in [9.17, 15) is 0 Å². The van der Waals surface area contributed by atoms with Crippen molar-refractivity contribution >= 4 is 5.69 Å². The molecule has 0 saturated carbocycles. The Kier molecular flexibility index (Phi) is 4.50. The van der Waals surface area contributed by atoms with Crippen LogP contribution in [0.4, 0.5) is 5.69 Å². The molecule has 4 heteroatoms. The fourth-order valence-corrected chi connectivity index (χ4v) is 1.66. The van der Waals surface area contributed by atoms with E-state index in [-0.39, 0.29) is 0 Å². The molecule has 2 aromatic rings. The van der Waals surface area contributed by atoms with Crippen LogP contribution in [-0.4, -0.2) is 13.2 Å². The normalized spacial score (nSPS) is 9.95. The maximum atomic E-state index is 7.08. The average Bonchev–Trinajstić information content (AvgIpc) is 2.45. The molecule has 0 aliphatic heterocycles. The van der Waals surface area contributed by atoms with Gasteiger partial charge in [0.05, 0.1) is 0 Å². The predicted octanol–water partition coefficient (Wildman–Crippen LogP) is 4.12. The molecule has 0 aromatic heterocycles. The summed E-state index contributed by atoms with van der Waals surface area (Å²) in [5.41, 5.74) is 8.69. The number of nitrogens with zero attached hydrogens (tertiary/aromatic N) is 1. The third-order valence-electron chi connectivity index (χ3n) is 2.59. The number of rotatable bonds is 6. The van der Waals surface area contributed by atoms with Crippen molar-refractivity contribution in [3.8, 4) is 11.5 Å². The van der Waals surface area contributed by atoms with Gasteiger partial charge in [0.15, 0.2) is 0 Å². The summed E-state index contributed by atoms with van der Waals surface area (Å²) in [5, 5.41) is 3.43. The van der Waals surface area contributed by atoms with E-state index >= 15 is 0 Å². The Hall–Kier alpha value is -2.36. The number of hydrogen-bond donors (Lipinski definition) is 1. The minimum absolute atomic E-state index is 0.418. The number of ether oxygens (including phenoxy) is 2. The van der Waals surface area contributed by atoms with Crippen LogP contribution in [0.25, 0.3) is 0 Å². The highest BCUT2D eigenvalue weighted by Gasteiger charge is 2.03. The van der Waals surface area contributed by atoms with Crippen molar-refractivity contribution in [3.05, 3.63) is 54.1 Å². The lowest BCUT2D eigenvalue weighted by molar-refractivity contribution is 0.217. The molecule has 0 atom stereocenters. The Balaban J connectivity index is 1.86. The zero-order valence-corrected chi connectivity index (χ0v) is 10.8. The fraction of sp³-hybridized carbons (Fsp3) is 0.200. The van der Waals surface area contributed by atoms with E-state index in [0.717, 1.165) is 11.3 Å². The summed E-state index contributed by atoms with van der Waals surface area (Å²) in [4.78, 5) is 0. The summed E-state index contributed by atoms with van der Waals surface area (Å²) in [5.74, 6) is 1.44. The molecule has 0 unspecified atom stereocenters. The first-order valence-electron chi connectivity index (χ1n) is 6.08. The van der Waals surface area contributed by atoms with Gasteiger partial charge in [-0.2, -0.15) is 5.11 Å². The second-order valence-corrected chi connectivity index (χ2v) is 4.09. The van der Waals surface area contributed by atoms with Gasteiger partial charge in [0, 0.05) is 0 Å². The molecule has 19 heavy (non-hydrogen) atoms. The number of hydrogen-bond acceptors (Lipinski definition) is 4. The van der Waals surface area contributed by atoms with Crippen LogP contribution in [0.1, 0.15) is 5.56 Å². The van der Waals surface area contributed by atoms with Crippen molar-refractivity contribution < 1.29 is 9.47 Å². The predicted molar refractivity (Wildman–Crippen MR) is 73.4 cm³/mol. The van der Waals surface area contributed by atoms with Crippen molar-refractivity contribution in [2.45, 2.75) is 6.92 Å². The van der Waals surface area contributed by atoms with E-state index in [1.165, 1.54) is 0 Å². The highest BCUT2D eigenvalue weighted by Crippen LogP contribution is 2.28. The van der Waals surface area contributed by atoms with Crippen LogP contribution in [0.2, 0.25) is 0 Å². The monoisotopic (exact) mass is 256 g/mol. The van der Waals surface area contributed by atoms with Gasteiger partial charge in [-0.25, -0.2) is 5.53 Å². The third-order valence-corrected chi connectivity index (χ3v) is 2.59. The van der Waals surface area contributed by atoms with Gasteiger partial charge in [0.2, 0.25) is 0 Å². The van der Waals surface area contributed by atoms with Crippen molar-refractivity contribution in [3.63, 3.8) is 0 Å². The largest absolute Gasteiger partial charge is 0.490 e. The van der Waals surface area contributed by atoms with Crippen molar-refractivity contribution in [2.24, 2.45) is 5.11 Å². The Morgan fingerprint density at radius 2 is 1.74 bits per heavy atom. The summed E-state index contributed by atoms with van der Waals surface area (Å²) in [6.07, 6.45) is 0. The molecule has 0 heterocycles. The highest BCUT2D eigenvalue weighted by atomic mass is 16.5. The first kappa shape index (κ1) is 13.1. The molecule has 0 aliphatic rings. The van der Waals surface area contributed by atoms with E-state index < -0.39 is 0 Å². The van der Waals surface area contributed by atoms with Crippen LogP contribution in [0.15, 0.2) is 53.6 Å². The number of aryl methyl sites for hydroxylation is 1. The molecule has 4 nitrogen and oxygen atoms in total. The molecule has 2 rings (SSSR count). The Labute approximate surface area is 112 Å². The van der Waals surface area contributed by atoms with Gasteiger partial charge >= 0.3 is 0 Å². The van der Waals surface area contributed by atoms with Crippen LogP contribution < -0.4 is 9.47 Å². The number of benzene rings is 2. The van der Waals surface area contributed by atoms with E-state index in [0.29, 0.717) is 24.7 Å². The Morgan fingerprint density at radius 3 is 2.47 bits per heavy atom. The SMILES string of the molecule is Cc1ccc(N=N)c(OCCOc2ccccc2)c1. The van der Waals surface area contributed by atoms with Gasteiger partial charge in [0.1, 0.15) is 30.4 Å². The zero-order chi connectivity index (χ0) is 13.5. The summed E-state index contributed by atoms with van der Waals surface area (Å²) in [6, 6.07) is 15.1. The molecule has 0 spiro atoms. The molecule has 0 radical (unpaired) electrons. The molecular weight excluding hydrogens is 240 g/mol. The van der Waals surface area contributed by atoms with Gasteiger partial charge < -0.3 is 9.47 Å². The van der Waals surface area contributed by atoms with E-state index in [4.69, 9.17) is 15.0 Å². The van der Waals surface area contributed by atoms with E-state index in [1.807, 2.05) is 49.4 Å². The summed E-state index contributed by atoms with van der Waals surface area (Å²) in [7, 11) is 0. The number of para-hydroxylation sites is 1. The van der Waals surface area contributed by atoms with Gasteiger partial charge in [-0.15, -0.1) is 0 Å². The molecule has 98 valence electrons. The van der Waals surface area contributed by atoms with Crippen LogP contribution >= 0.6 is 0 Å². The summed E-state index contributed by atoms with van der Waals surface area (Å²) >= 11 is 0. The highest BCUT2D eigenvalue weighted by molar-refractivity contribution is 5.52. The quantitative estimate of drug-likeness (QED) is 0.624. The van der Waals surface area contributed by atoms with Gasteiger partial charge in [-0.1, -0.05) is 24.3 Å². The summed E-state index contributed by atoms with van der Waals surface area (Å²) in [6.45, 7) is 2.84. The fourth-order valence-electron chi connectivity index (χ4n) is 1.66. The van der Waals surface area contributed by atoms with Gasteiger partial charge in [-0.3, -0.25) is 0 Å². The smallest absolute Gasteiger partial charge is 0.147 e. The Bertz CT molecular complexity index is 541. The minimum Gasteiger partial charge on any atom is -0.490 e. The molecule has 0 aliphatic carbocycles. The topological polar surface area (TPSA) is 54.7 Å². The van der Waals surface area contributed by atoms with Crippen LogP contribution in [-0.2, 0) is 0 Å². The standard InChI is InChI=1S/C15H16N2O2/c1-12-7-8-14(17-16)15(11-12)19-10-9-18-13-5-3-2-4-6-13/h2-8,11,16H,9-10H2,1H3. The lowest BCUT2D eigenvalue weighted by Crippen LogP contribution is -2.09. The van der Waals surface area contributed by atoms with Gasteiger partial charge in [0.25, 0.3) is 0 Å². The van der Waals surface area contributed by atoms with Gasteiger partial charge in [-0.05, 0) is 36.8 Å².